The van der Waals surface area contributed by atoms with Gasteiger partial charge in [-0.3, -0.25) is 0 Å². The van der Waals surface area contributed by atoms with Gasteiger partial charge in [-0.2, -0.15) is 0 Å². The molecule has 3 rings (SSSR count). The lowest BCUT2D eigenvalue weighted by atomic mass is 9.99. The molecule has 0 radical (unpaired) electrons. The fourth-order valence-electron chi connectivity index (χ4n) is 2.34. The van der Waals surface area contributed by atoms with Gasteiger partial charge in [-0.15, -0.1) is 0 Å². The van der Waals surface area contributed by atoms with Gasteiger partial charge in [-0.05, 0) is 29.3 Å². The maximum Gasteiger partial charge on any atom is 0.0751 e. The molecule has 2 aromatic rings. The summed E-state index contributed by atoms with van der Waals surface area (Å²) in [5.41, 5.74) is 3.40. The van der Waals surface area contributed by atoms with Crippen molar-refractivity contribution in [3.05, 3.63) is 63.6 Å². The number of halogens is 2. The largest absolute Gasteiger partial charge is 0.376 e. The van der Waals surface area contributed by atoms with Crippen LogP contribution < -0.4 is 5.32 Å². The predicted octanol–water partition coefficient (Wildman–Crippen LogP) is 4.68. The highest BCUT2D eigenvalue weighted by Gasteiger charge is 2.20. The third-order valence-electron chi connectivity index (χ3n) is 3.18. The number of anilines is 1. The minimum Gasteiger partial charge on any atom is -0.376 e. The van der Waals surface area contributed by atoms with Gasteiger partial charge in [0.15, 0.2) is 0 Å². The zero-order valence-corrected chi connectivity index (χ0v) is 11.7. The van der Waals surface area contributed by atoms with Crippen LogP contribution in [0.25, 0.3) is 0 Å². The Hall–Kier alpha value is -1.22. The van der Waals surface area contributed by atoms with Gasteiger partial charge < -0.3 is 10.1 Å². The minimum atomic E-state index is 0.125. The van der Waals surface area contributed by atoms with Crippen molar-refractivity contribution in [3.63, 3.8) is 0 Å². The van der Waals surface area contributed by atoms with Gasteiger partial charge in [-0.25, -0.2) is 0 Å². The molecule has 2 nitrogen and oxygen atoms in total. The maximum absolute atomic E-state index is 6.01. The van der Waals surface area contributed by atoms with Gasteiger partial charge >= 0.3 is 0 Å². The molecule has 1 aliphatic rings. The lowest BCUT2D eigenvalue weighted by molar-refractivity contribution is 0.0970. The average molecular weight is 294 g/mol. The summed E-state index contributed by atoms with van der Waals surface area (Å²) >= 11 is 12.0. The van der Waals surface area contributed by atoms with E-state index in [4.69, 9.17) is 27.9 Å². The molecular weight excluding hydrogens is 281 g/mol. The van der Waals surface area contributed by atoms with Crippen molar-refractivity contribution >= 4 is 28.9 Å². The van der Waals surface area contributed by atoms with E-state index in [1.54, 1.807) is 6.07 Å². The first-order valence-corrected chi connectivity index (χ1v) is 6.86. The second kappa shape index (κ2) is 5.41. The van der Waals surface area contributed by atoms with Gasteiger partial charge in [0.2, 0.25) is 0 Å². The summed E-state index contributed by atoms with van der Waals surface area (Å²) in [4.78, 5) is 0. The predicted molar refractivity (Wildman–Crippen MR) is 78.9 cm³/mol. The van der Waals surface area contributed by atoms with Gasteiger partial charge in [0.1, 0.15) is 0 Å². The molecule has 0 fully saturated rings. The zero-order chi connectivity index (χ0) is 13.2. The van der Waals surface area contributed by atoms with Crippen molar-refractivity contribution in [1.82, 2.24) is 0 Å². The summed E-state index contributed by atoms with van der Waals surface area (Å²) in [5, 5.41) is 4.67. The summed E-state index contributed by atoms with van der Waals surface area (Å²) in [6, 6.07) is 13.9. The van der Waals surface area contributed by atoms with E-state index in [0.717, 1.165) is 5.69 Å². The Morgan fingerprint density at radius 1 is 1.05 bits per heavy atom. The zero-order valence-electron chi connectivity index (χ0n) is 10.2. The van der Waals surface area contributed by atoms with E-state index in [0.29, 0.717) is 23.3 Å². The van der Waals surface area contributed by atoms with Crippen molar-refractivity contribution in [2.45, 2.75) is 12.6 Å². The number of ether oxygens (including phenoxy) is 1. The summed E-state index contributed by atoms with van der Waals surface area (Å²) in [7, 11) is 0. The molecule has 0 saturated heterocycles. The maximum atomic E-state index is 6.01. The van der Waals surface area contributed by atoms with Crippen LogP contribution in [-0.2, 0) is 11.3 Å². The topological polar surface area (TPSA) is 21.3 Å². The molecular formula is C15H13Cl2NO. The molecule has 1 N–H and O–H groups in total. The standard InChI is InChI=1S/C15H13Cl2NO/c16-11-5-12(17)7-13(6-11)18-15-9-19-8-10-3-1-2-4-14(10)15/h1-7,15,18H,8-9H2. The molecule has 4 heteroatoms. The monoisotopic (exact) mass is 293 g/mol. The van der Waals surface area contributed by atoms with E-state index in [-0.39, 0.29) is 6.04 Å². The SMILES string of the molecule is Clc1cc(Cl)cc(NC2COCc3ccccc32)c1. The van der Waals surface area contributed by atoms with Crippen molar-refractivity contribution in [1.29, 1.82) is 0 Å². The summed E-state index contributed by atoms with van der Waals surface area (Å²) in [6.45, 7) is 1.31. The molecule has 1 atom stereocenters. The molecule has 0 amide bonds. The Balaban J connectivity index is 1.88. The summed E-state index contributed by atoms with van der Waals surface area (Å²) in [6.07, 6.45) is 0. The number of nitrogens with one attached hydrogen (secondary N) is 1. The molecule has 19 heavy (non-hydrogen) atoms. The molecule has 1 aliphatic heterocycles. The van der Waals surface area contributed by atoms with Crippen molar-refractivity contribution in [2.24, 2.45) is 0 Å². The number of benzene rings is 2. The van der Waals surface area contributed by atoms with Crippen LogP contribution in [0.5, 0.6) is 0 Å². The van der Waals surface area contributed by atoms with Gasteiger partial charge in [0.25, 0.3) is 0 Å². The van der Waals surface area contributed by atoms with Crippen molar-refractivity contribution in [3.8, 4) is 0 Å². The molecule has 0 saturated carbocycles. The third-order valence-corrected chi connectivity index (χ3v) is 3.61. The first-order chi connectivity index (χ1) is 9.22. The highest BCUT2D eigenvalue weighted by Crippen LogP contribution is 2.30. The smallest absolute Gasteiger partial charge is 0.0751 e. The minimum absolute atomic E-state index is 0.125. The number of fused-ring (bicyclic) bond motifs is 1. The van der Waals surface area contributed by atoms with Crippen LogP contribution in [0.2, 0.25) is 10.0 Å². The molecule has 2 aromatic carbocycles. The lowest BCUT2D eigenvalue weighted by Crippen LogP contribution is -2.23. The van der Waals surface area contributed by atoms with E-state index in [1.165, 1.54) is 11.1 Å². The van der Waals surface area contributed by atoms with Crippen LogP contribution in [0, 0.1) is 0 Å². The van der Waals surface area contributed by atoms with E-state index < -0.39 is 0 Å². The molecule has 0 spiro atoms. The Morgan fingerprint density at radius 2 is 1.79 bits per heavy atom. The fraction of sp³-hybridized carbons (Fsp3) is 0.200. The van der Waals surface area contributed by atoms with Crippen molar-refractivity contribution in [2.75, 3.05) is 11.9 Å². The number of hydrogen-bond donors (Lipinski definition) is 1. The summed E-state index contributed by atoms with van der Waals surface area (Å²) < 4.78 is 5.61. The Labute approximate surface area is 122 Å². The highest BCUT2D eigenvalue weighted by molar-refractivity contribution is 6.35. The van der Waals surface area contributed by atoms with Crippen LogP contribution in [0.4, 0.5) is 5.69 Å². The van der Waals surface area contributed by atoms with E-state index in [9.17, 15) is 0 Å². The number of hydrogen-bond acceptors (Lipinski definition) is 2. The van der Waals surface area contributed by atoms with Crippen LogP contribution in [0.3, 0.4) is 0 Å². The molecule has 1 unspecified atom stereocenters. The Morgan fingerprint density at radius 3 is 2.58 bits per heavy atom. The molecule has 98 valence electrons. The first kappa shape index (κ1) is 12.8. The van der Waals surface area contributed by atoms with Crippen molar-refractivity contribution < 1.29 is 4.74 Å². The normalized spacial score (nSPS) is 17.9. The second-order valence-corrected chi connectivity index (χ2v) is 5.44. The summed E-state index contributed by atoms with van der Waals surface area (Å²) in [5.74, 6) is 0. The Bertz CT molecular complexity index is 580. The second-order valence-electron chi connectivity index (χ2n) is 4.57. The van der Waals surface area contributed by atoms with Crippen LogP contribution in [0.1, 0.15) is 17.2 Å². The highest BCUT2D eigenvalue weighted by atomic mass is 35.5. The molecule has 0 aliphatic carbocycles. The third kappa shape index (κ3) is 2.86. The van der Waals surface area contributed by atoms with Crippen LogP contribution >= 0.6 is 23.2 Å². The van der Waals surface area contributed by atoms with Gasteiger partial charge in [0.05, 0.1) is 19.3 Å². The average Bonchev–Trinajstić information content (AvgIpc) is 2.38. The quantitative estimate of drug-likeness (QED) is 0.868. The fourth-order valence-corrected chi connectivity index (χ4v) is 2.87. The first-order valence-electron chi connectivity index (χ1n) is 6.10. The van der Waals surface area contributed by atoms with Crippen LogP contribution in [-0.4, -0.2) is 6.61 Å². The molecule has 0 bridgehead atoms. The van der Waals surface area contributed by atoms with Gasteiger partial charge in [-0.1, -0.05) is 47.5 Å². The molecule has 1 heterocycles. The van der Waals surface area contributed by atoms with E-state index >= 15 is 0 Å². The molecule has 0 aromatic heterocycles. The Kier molecular flexibility index (Phi) is 3.65. The van der Waals surface area contributed by atoms with Crippen LogP contribution in [0.15, 0.2) is 42.5 Å². The lowest BCUT2D eigenvalue weighted by Gasteiger charge is -2.27. The van der Waals surface area contributed by atoms with E-state index in [1.807, 2.05) is 24.3 Å². The van der Waals surface area contributed by atoms with E-state index in [2.05, 4.69) is 17.4 Å². The number of rotatable bonds is 2. The van der Waals surface area contributed by atoms with Gasteiger partial charge in [0, 0.05) is 15.7 Å².